The van der Waals surface area contributed by atoms with E-state index < -0.39 is 15.7 Å². The van der Waals surface area contributed by atoms with E-state index in [0.29, 0.717) is 31.5 Å². The first-order chi connectivity index (χ1) is 13.4. The molecule has 28 heavy (non-hydrogen) atoms. The summed E-state index contributed by atoms with van der Waals surface area (Å²) in [6, 6.07) is 14.9. The third-order valence-electron chi connectivity index (χ3n) is 5.12. The zero-order chi connectivity index (χ0) is 19.8. The van der Waals surface area contributed by atoms with Crippen molar-refractivity contribution in [1.29, 1.82) is 0 Å². The van der Waals surface area contributed by atoms with Gasteiger partial charge >= 0.3 is 0 Å². The second kappa shape index (κ2) is 7.35. The summed E-state index contributed by atoms with van der Waals surface area (Å²) in [6.07, 6.45) is 2.59. The van der Waals surface area contributed by atoms with Crippen LogP contribution in [0, 0.1) is 0 Å². The van der Waals surface area contributed by atoms with Crippen molar-refractivity contribution < 1.29 is 13.2 Å². The Kier molecular flexibility index (Phi) is 5.03. The van der Waals surface area contributed by atoms with Gasteiger partial charge in [-0.25, -0.2) is 8.42 Å². The molecule has 6 nitrogen and oxygen atoms in total. The molecule has 2 aromatic carbocycles. The Balaban J connectivity index is 1.46. The predicted molar refractivity (Wildman–Crippen MR) is 113 cm³/mol. The number of benzene rings is 2. The van der Waals surface area contributed by atoms with Crippen LogP contribution in [0.3, 0.4) is 0 Å². The SMILES string of the molecule is O=C1NC2(CCN(S(=O)(=O)/C=C/c3ccccc3)CC2)Nc2ccc(Br)cc21. The van der Waals surface area contributed by atoms with Gasteiger partial charge in [-0.15, -0.1) is 0 Å². The van der Waals surface area contributed by atoms with Gasteiger partial charge in [0.25, 0.3) is 5.91 Å². The van der Waals surface area contributed by atoms with Crippen molar-refractivity contribution in [2.24, 2.45) is 0 Å². The Labute approximate surface area is 172 Å². The van der Waals surface area contributed by atoms with Gasteiger partial charge in [-0.05, 0) is 29.8 Å². The monoisotopic (exact) mass is 461 g/mol. The van der Waals surface area contributed by atoms with Crippen molar-refractivity contribution in [3.63, 3.8) is 0 Å². The minimum absolute atomic E-state index is 0.143. The van der Waals surface area contributed by atoms with E-state index in [2.05, 4.69) is 26.6 Å². The van der Waals surface area contributed by atoms with Gasteiger partial charge in [-0.3, -0.25) is 4.79 Å². The van der Waals surface area contributed by atoms with Crippen molar-refractivity contribution in [3.05, 3.63) is 69.5 Å². The second-order valence-electron chi connectivity index (χ2n) is 7.01. The number of hydrogen-bond acceptors (Lipinski definition) is 4. The Morgan fingerprint density at radius 2 is 1.75 bits per heavy atom. The Morgan fingerprint density at radius 3 is 2.46 bits per heavy atom. The Hall–Kier alpha value is -2.16. The van der Waals surface area contributed by atoms with Crippen LogP contribution in [0.5, 0.6) is 0 Å². The molecule has 2 aliphatic heterocycles. The molecule has 0 saturated carbocycles. The third-order valence-corrected chi connectivity index (χ3v) is 7.18. The van der Waals surface area contributed by atoms with E-state index in [4.69, 9.17) is 0 Å². The van der Waals surface area contributed by atoms with Crippen LogP contribution in [-0.2, 0) is 10.0 Å². The number of sulfonamides is 1. The normalized spacial score (nSPS) is 19.2. The van der Waals surface area contributed by atoms with E-state index in [1.165, 1.54) is 9.71 Å². The van der Waals surface area contributed by atoms with Crippen LogP contribution in [0.25, 0.3) is 6.08 Å². The van der Waals surface area contributed by atoms with E-state index in [1.807, 2.05) is 42.5 Å². The maximum atomic E-state index is 12.7. The first-order valence-corrected chi connectivity index (χ1v) is 11.3. The lowest BCUT2D eigenvalue weighted by atomic mass is 9.93. The summed E-state index contributed by atoms with van der Waals surface area (Å²) in [5.41, 5.74) is 1.57. The highest BCUT2D eigenvalue weighted by atomic mass is 79.9. The molecule has 0 unspecified atom stereocenters. The standard InChI is InChI=1S/C20H20BrN3O3S/c21-16-6-7-18-17(14-16)19(25)23-20(22-18)9-11-24(12-10-20)28(26,27)13-8-15-4-2-1-3-5-15/h1-8,13-14,22H,9-12H2,(H,23,25)/b13-8+. The minimum atomic E-state index is -3.51. The molecule has 1 amide bonds. The summed E-state index contributed by atoms with van der Waals surface area (Å²) in [6.45, 7) is 0.668. The lowest BCUT2D eigenvalue weighted by molar-refractivity contribution is 0.0865. The summed E-state index contributed by atoms with van der Waals surface area (Å²) in [5, 5.41) is 7.69. The number of amides is 1. The molecular weight excluding hydrogens is 442 g/mol. The van der Waals surface area contributed by atoms with Crippen molar-refractivity contribution in [1.82, 2.24) is 9.62 Å². The molecule has 2 aromatic rings. The number of rotatable bonds is 3. The molecule has 0 aliphatic carbocycles. The lowest BCUT2D eigenvalue weighted by Gasteiger charge is -2.45. The highest BCUT2D eigenvalue weighted by Gasteiger charge is 2.42. The van der Waals surface area contributed by atoms with E-state index in [9.17, 15) is 13.2 Å². The molecular formula is C20H20BrN3O3S. The van der Waals surface area contributed by atoms with Crippen LogP contribution >= 0.6 is 15.9 Å². The molecule has 2 heterocycles. The molecule has 2 N–H and O–H groups in total. The predicted octanol–water partition coefficient (Wildman–Crippen LogP) is 3.40. The summed E-state index contributed by atoms with van der Waals surface area (Å²) < 4.78 is 27.6. The number of carbonyl (C=O) groups excluding carboxylic acids is 1. The molecule has 1 spiro atoms. The molecule has 0 aromatic heterocycles. The van der Waals surface area contributed by atoms with Crippen LogP contribution in [-0.4, -0.2) is 37.4 Å². The van der Waals surface area contributed by atoms with Gasteiger partial charge < -0.3 is 10.6 Å². The minimum Gasteiger partial charge on any atom is -0.362 e. The van der Waals surface area contributed by atoms with Gasteiger partial charge in [0.2, 0.25) is 10.0 Å². The van der Waals surface area contributed by atoms with Gasteiger partial charge in [0.1, 0.15) is 5.66 Å². The Bertz CT molecular complexity index is 1030. The number of nitrogens with one attached hydrogen (secondary N) is 2. The van der Waals surface area contributed by atoms with Crippen molar-refractivity contribution >= 4 is 43.6 Å². The third kappa shape index (κ3) is 3.85. The number of piperidine rings is 1. The smallest absolute Gasteiger partial charge is 0.255 e. The fraction of sp³-hybridized carbons (Fsp3) is 0.250. The molecule has 146 valence electrons. The first-order valence-electron chi connectivity index (χ1n) is 9.01. The van der Waals surface area contributed by atoms with Crippen LogP contribution in [0.4, 0.5) is 5.69 Å². The number of hydrogen-bond donors (Lipinski definition) is 2. The van der Waals surface area contributed by atoms with Crippen molar-refractivity contribution in [3.8, 4) is 0 Å². The number of halogens is 1. The summed E-state index contributed by atoms with van der Waals surface area (Å²) in [5.74, 6) is -0.143. The summed E-state index contributed by atoms with van der Waals surface area (Å²) in [4.78, 5) is 12.5. The second-order valence-corrected chi connectivity index (χ2v) is 9.74. The topological polar surface area (TPSA) is 78.5 Å². The van der Waals surface area contributed by atoms with E-state index >= 15 is 0 Å². The lowest BCUT2D eigenvalue weighted by Crippen LogP contribution is -2.62. The largest absolute Gasteiger partial charge is 0.362 e. The first kappa shape index (κ1) is 19.2. The molecule has 0 radical (unpaired) electrons. The number of carbonyl (C=O) groups is 1. The van der Waals surface area contributed by atoms with Crippen molar-refractivity contribution in [2.75, 3.05) is 18.4 Å². The number of anilines is 1. The van der Waals surface area contributed by atoms with Gasteiger partial charge in [0.05, 0.1) is 5.56 Å². The summed E-state index contributed by atoms with van der Waals surface area (Å²) in [7, 11) is -3.51. The highest BCUT2D eigenvalue weighted by Crippen LogP contribution is 2.33. The van der Waals surface area contributed by atoms with Crippen LogP contribution < -0.4 is 10.6 Å². The van der Waals surface area contributed by atoms with Crippen LogP contribution in [0.1, 0.15) is 28.8 Å². The van der Waals surface area contributed by atoms with Crippen LogP contribution in [0.15, 0.2) is 58.4 Å². The number of nitrogens with zero attached hydrogens (tertiary/aromatic N) is 1. The molecule has 8 heteroatoms. The molecule has 2 aliphatic rings. The quantitative estimate of drug-likeness (QED) is 0.733. The van der Waals surface area contributed by atoms with E-state index in [-0.39, 0.29) is 5.91 Å². The molecule has 0 atom stereocenters. The molecule has 4 rings (SSSR count). The fourth-order valence-electron chi connectivity index (χ4n) is 3.57. The van der Waals surface area contributed by atoms with Gasteiger partial charge in [0.15, 0.2) is 0 Å². The zero-order valence-corrected chi connectivity index (χ0v) is 17.5. The van der Waals surface area contributed by atoms with Gasteiger partial charge in [-0.1, -0.05) is 46.3 Å². The zero-order valence-electron chi connectivity index (χ0n) is 15.1. The fourth-order valence-corrected chi connectivity index (χ4v) is 5.13. The maximum Gasteiger partial charge on any atom is 0.255 e. The van der Waals surface area contributed by atoms with E-state index in [1.54, 1.807) is 12.1 Å². The number of fused-ring (bicyclic) bond motifs is 1. The van der Waals surface area contributed by atoms with Gasteiger partial charge in [0, 0.05) is 41.5 Å². The average molecular weight is 462 g/mol. The highest BCUT2D eigenvalue weighted by molar-refractivity contribution is 9.10. The summed E-state index contributed by atoms with van der Waals surface area (Å²) >= 11 is 3.38. The maximum absolute atomic E-state index is 12.7. The molecule has 1 fully saturated rings. The van der Waals surface area contributed by atoms with Crippen LogP contribution in [0.2, 0.25) is 0 Å². The van der Waals surface area contributed by atoms with Gasteiger partial charge in [-0.2, -0.15) is 4.31 Å². The van der Waals surface area contributed by atoms with Crippen molar-refractivity contribution in [2.45, 2.75) is 18.5 Å². The van der Waals surface area contributed by atoms with E-state index in [0.717, 1.165) is 15.7 Å². The Morgan fingerprint density at radius 1 is 1.04 bits per heavy atom. The average Bonchev–Trinajstić information content (AvgIpc) is 2.68. The molecule has 1 saturated heterocycles. The molecule has 0 bridgehead atoms.